The largest absolute Gasteiger partial charge is 0.493 e. The van der Waals surface area contributed by atoms with E-state index in [0.717, 1.165) is 12.5 Å². The predicted octanol–water partition coefficient (Wildman–Crippen LogP) is 3.39. The Labute approximate surface area is 130 Å². The minimum absolute atomic E-state index is 0.0151. The van der Waals surface area contributed by atoms with Crippen LogP contribution in [-0.4, -0.2) is 16.9 Å². The predicted molar refractivity (Wildman–Crippen MR) is 79.2 cm³/mol. The number of nitrogens with two attached hydrogens (primary N) is 1. The van der Waals surface area contributed by atoms with Crippen LogP contribution >= 0.6 is 15.9 Å². The zero-order valence-electron chi connectivity index (χ0n) is 11.7. The van der Waals surface area contributed by atoms with Gasteiger partial charge in [0.2, 0.25) is 0 Å². The van der Waals surface area contributed by atoms with Gasteiger partial charge in [0.05, 0.1) is 23.8 Å². The summed E-state index contributed by atoms with van der Waals surface area (Å²) in [4.78, 5) is 0. The molecule has 1 atom stereocenters. The van der Waals surface area contributed by atoms with E-state index in [9.17, 15) is 8.78 Å². The lowest BCUT2D eigenvalue weighted by Crippen LogP contribution is -2.19. The highest BCUT2D eigenvalue weighted by atomic mass is 79.9. The molecular weight excluding hydrogens is 344 g/mol. The van der Waals surface area contributed by atoms with Gasteiger partial charge in [-0.2, -0.15) is 5.10 Å². The van der Waals surface area contributed by atoms with Crippen molar-refractivity contribution in [2.45, 2.75) is 25.9 Å². The van der Waals surface area contributed by atoms with E-state index in [4.69, 9.17) is 10.5 Å². The van der Waals surface area contributed by atoms with E-state index in [0.29, 0.717) is 23.6 Å². The number of rotatable bonds is 5. The first kappa shape index (κ1) is 15.9. The van der Waals surface area contributed by atoms with Crippen LogP contribution in [0.2, 0.25) is 0 Å². The highest BCUT2D eigenvalue weighted by Crippen LogP contribution is 2.34. The molecule has 0 radical (unpaired) electrons. The molecule has 4 nitrogen and oxygen atoms in total. The van der Waals surface area contributed by atoms with Gasteiger partial charge in [0.25, 0.3) is 0 Å². The first-order chi connectivity index (χ1) is 10.0. The Morgan fingerprint density at radius 3 is 2.76 bits per heavy atom. The normalized spacial score (nSPS) is 12.5. The van der Waals surface area contributed by atoms with Gasteiger partial charge in [-0.3, -0.25) is 4.68 Å². The van der Waals surface area contributed by atoms with E-state index in [1.165, 1.54) is 13.2 Å². The van der Waals surface area contributed by atoms with Crippen molar-refractivity contribution in [1.82, 2.24) is 9.78 Å². The highest BCUT2D eigenvalue weighted by Gasteiger charge is 2.24. The maximum atomic E-state index is 13.7. The number of hydrogen-bond donors (Lipinski definition) is 1. The number of ether oxygens (including phenoxy) is 1. The van der Waals surface area contributed by atoms with Crippen LogP contribution in [0.15, 0.2) is 22.8 Å². The van der Waals surface area contributed by atoms with Gasteiger partial charge in [0.1, 0.15) is 5.69 Å². The summed E-state index contributed by atoms with van der Waals surface area (Å²) in [5, 5.41) is 4.22. The fourth-order valence-corrected chi connectivity index (χ4v) is 2.74. The Kier molecular flexibility index (Phi) is 4.95. The Bertz CT molecular complexity index is 645. The number of aryl methyl sites for hydroxylation is 1. The van der Waals surface area contributed by atoms with Crippen LogP contribution < -0.4 is 10.5 Å². The van der Waals surface area contributed by atoms with E-state index in [2.05, 4.69) is 21.0 Å². The zero-order valence-corrected chi connectivity index (χ0v) is 13.3. The molecule has 2 N–H and O–H groups in total. The third-order valence-corrected chi connectivity index (χ3v) is 4.00. The summed E-state index contributed by atoms with van der Waals surface area (Å²) >= 11 is 3.06. The Balaban J connectivity index is 2.51. The van der Waals surface area contributed by atoms with Crippen molar-refractivity contribution < 1.29 is 13.5 Å². The SMILES string of the molecule is CCCn1ncc(OC)c1C(N)c1ccc(F)c(F)c1Br. The molecule has 7 heteroatoms. The molecule has 0 bridgehead atoms. The van der Waals surface area contributed by atoms with Crippen molar-refractivity contribution in [3.63, 3.8) is 0 Å². The Morgan fingerprint density at radius 2 is 2.14 bits per heavy atom. The van der Waals surface area contributed by atoms with E-state index >= 15 is 0 Å². The maximum absolute atomic E-state index is 13.7. The van der Waals surface area contributed by atoms with Crippen LogP contribution in [0.4, 0.5) is 8.78 Å². The van der Waals surface area contributed by atoms with E-state index in [1.54, 1.807) is 10.9 Å². The third-order valence-electron chi connectivity index (χ3n) is 3.19. The molecule has 0 saturated carbocycles. The van der Waals surface area contributed by atoms with Gasteiger partial charge < -0.3 is 10.5 Å². The van der Waals surface area contributed by atoms with Gasteiger partial charge in [-0.1, -0.05) is 13.0 Å². The number of nitrogens with zero attached hydrogens (tertiary/aromatic N) is 2. The van der Waals surface area contributed by atoms with Gasteiger partial charge in [0.15, 0.2) is 17.4 Å². The zero-order chi connectivity index (χ0) is 15.6. The van der Waals surface area contributed by atoms with Gasteiger partial charge in [0, 0.05) is 6.54 Å². The molecule has 21 heavy (non-hydrogen) atoms. The van der Waals surface area contributed by atoms with Crippen molar-refractivity contribution >= 4 is 15.9 Å². The number of benzene rings is 1. The third kappa shape index (κ3) is 2.94. The molecule has 0 aliphatic heterocycles. The molecule has 0 aliphatic rings. The standard InChI is InChI=1S/C14H16BrF2N3O/c1-3-6-20-14(10(21-2)7-19-20)13(18)8-4-5-9(16)12(17)11(8)15/h4-5,7,13H,3,6,18H2,1-2H3. The Morgan fingerprint density at radius 1 is 1.43 bits per heavy atom. The lowest BCUT2D eigenvalue weighted by molar-refractivity contribution is 0.403. The van der Waals surface area contributed by atoms with Crippen molar-refractivity contribution in [2.24, 2.45) is 5.73 Å². The van der Waals surface area contributed by atoms with Crippen molar-refractivity contribution in [3.05, 3.63) is 45.7 Å². The van der Waals surface area contributed by atoms with Crippen LogP contribution in [0, 0.1) is 11.6 Å². The summed E-state index contributed by atoms with van der Waals surface area (Å²) in [6, 6.07) is 1.83. The van der Waals surface area contributed by atoms with Crippen molar-refractivity contribution in [2.75, 3.05) is 7.11 Å². The molecule has 0 saturated heterocycles. The van der Waals surface area contributed by atoms with Crippen LogP contribution in [0.5, 0.6) is 5.75 Å². The Hall–Kier alpha value is -1.47. The fourth-order valence-electron chi connectivity index (χ4n) is 2.17. The molecule has 0 spiro atoms. The van der Waals surface area contributed by atoms with Crippen molar-refractivity contribution in [3.8, 4) is 5.75 Å². The molecule has 1 heterocycles. The summed E-state index contributed by atoms with van der Waals surface area (Å²) in [7, 11) is 1.52. The summed E-state index contributed by atoms with van der Waals surface area (Å²) in [5.41, 5.74) is 7.29. The molecule has 1 aromatic carbocycles. The molecule has 1 unspecified atom stereocenters. The van der Waals surface area contributed by atoms with Crippen LogP contribution in [0.25, 0.3) is 0 Å². The number of aromatic nitrogens is 2. The summed E-state index contributed by atoms with van der Waals surface area (Å²) in [6.45, 7) is 2.67. The van der Waals surface area contributed by atoms with Crippen LogP contribution in [0.3, 0.4) is 0 Å². The molecule has 0 fully saturated rings. The van der Waals surface area contributed by atoms with Crippen LogP contribution in [-0.2, 0) is 6.54 Å². The molecule has 2 aromatic rings. The summed E-state index contributed by atoms with van der Waals surface area (Å²) in [6.07, 6.45) is 2.43. The van der Waals surface area contributed by atoms with Gasteiger partial charge in [-0.25, -0.2) is 8.78 Å². The minimum atomic E-state index is -0.955. The second kappa shape index (κ2) is 6.53. The molecule has 1 aromatic heterocycles. The second-order valence-electron chi connectivity index (χ2n) is 4.56. The minimum Gasteiger partial charge on any atom is -0.493 e. The lowest BCUT2D eigenvalue weighted by Gasteiger charge is -2.17. The fraction of sp³-hybridized carbons (Fsp3) is 0.357. The maximum Gasteiger partial charge on any atom is 0.173 e. The average Bonchev–Trinajstić information content (AvgIpc) is 2.87. The first-order valence-corrected chi connectivity index (χ1v) is 7.29. The second-order valence-corrected chi connectivity index (χ2v) is 5.36. The quantitative estimate of drug-likeness (QED) is 0.832. The topological polar surface area (TPSA) is 53.1 Å². The van der Waals surface area contributed by atoms with E-state index in [-0.39, 0.29) is 4.47 Å². The highest BCUT2D eigenvalue weighted by molar-refractivity contribution is 9.10. The summed E-state index contributed by atoms with van der Waals surface area (Å²) < 4.78 is 33.9. The first-order valence-electron chi connectivity index (χ1n) is 6.49. The van der Waals surface area contributed by atoms with Gasteiger partial charge in [-0.05, 0) is 34.0 Å². The smallest absolute Gasteiger partial charge is 0.173 e. The lowest BCUT2D eigenvalue weighted by atomic mass is 10.0. The number of halogens is 3. The van der Waals surface area contributed by atoms with E-state index < -0.39 is 17.7 Å². The molecular formula is C14H16BrF2N3O. The van der Waals surface area contributed by atoms with Gasteiger partial charge >= 0.3 is 0 Å². The van der Waals surface area contributed by atoms with Gasteiger partial charge in [-0.15, -0.1) is 0 Å². The molecule has 2 rings (SSSR count). The molecule has 0 amide bonds. The van der Waals surface area contributed by atoms with Crippen molar-refractivity contribution in [1.29, 1.82) is 0 Å². The number of hydrogen-bond acceptors (Lipinski definition) is 3. The average molecular weight is 360 g/mol. The molecule has 114 valence electrons. The van der Waals surface area contributed by atoms with E-state index in [1.807, 2.05) is 6.92 Å². The number of methoxy groups -OCH3 is 1. The molecule has 0 aliphatic carbocycles. The summed E-state index contributed by atoms with van der Waals surface area (Å²) in [5.74, 6) is -1.36. The van der Waals surface area contributed by atoms with Crippen LogP contribution in [0.1, 0.15) is 30.6 Å². The monoisotopic (exact) mass is 359 g/mol.